The summed E-state index contributed by atoms with van der Waals surface area (Å²) in [7, 11) is -3.67. The zero-order valence-corrected chi connectivity index (χ0v) is 18.1. The van der Waals surface area contributed by atoms with Crippen molar-refractivity contribution in [2.45, 2.75) is 6.92 Å². The van der Waals surface area contributed by atoms with E-state index in [0.717, 1.165) is 16.1 Å². The normalized spacial score (nSPS) is 11.0. The van der Waals surface area contributed by atoms with Gasteiger partial charge in [0.25, 0.3) is 0 Å². The molecular formula is C22H21ClN2O4S. The molecule has 3 rings (SSSR count). The second kappa shape index (κ2) is 9.19. The molecule has 0 aromatic heterocycles. The van der Waals surface area contributed by atoms with Crippen molar-refractivity contribution in [3.05, 3.63) is 83.4 Å². The van der Waals surface area contributed by atoms with Crippen LogP contribution >= 0.6 is 11.6 Å². The van der Waals surface area contributed by atoms with E-state index in [-0.39, 0.29) is 6.54 Å². The Balaban J connectivity index is 1.82. The van der Waals surface area contributed by atoms with Gasteiger partial charge in [-0.3, -0.25) is 9.10 Å². The van der Waals surface area contributed by atoms with Crippen LogP contribution in [0.5, 0.6) is 11.5 Å². The molecule has 3 aromatic rings. The number of benzene rings is 3. The zero-order valence-electron chi connectivity index (χ0n) is 16.5. The largest absolute Gasteiger partial charge is 0.454 e. The number of amides is 1. The third kappa shape index (κ3) is 5.31. The maximum Gasteiger partial charge on any atom is 0.245 e. The first-order valence-electron chi connectivity index (χ1n) is 9.10. The maximum absolute atomic E-state index is 12.7. The molecule has 0 aliphatic heterocycles. The molecule has 0 bridgehead atoms. The van der Waals surface area contributed by atoms with Crippen LogP contribution in [0.2, 0.25) is 5.02 Å². The number of anilines is 2. The van der Waals surface area contributed by atoms with Crippen molar-refractivity contribution < 1.29 is 17.9 Å². The van der Waals surface area contributed by atoms with Crippen LogP contribution in [0.25, 0.3) is 0 Å². The van der Waals surface area contributed by atoms with Crippen LogP contribution in [0.3, 0.4) is 0 Å². The molecular weight excluding hydrogens is 424 g/mol. The Hall–Kier alpha value is -3.03. The van der Waals surface area contributed by atoms with Crippen LogP contribution in [-0.2, 0) is 14.8 Å². The molecule has 3 aromatic carbocycles. The first-order valence-corrected chi connectivity index (χ1v) is 11.3. The topological polar surface area (TPSA) is 75.7 Å². The van der Waals surface area contributed by atoms with Crippen LogP contribution < -0.4 is 14.4 Å². The van der Waals surface area contributed by atoms with Crippen molar-refractivity contribution in [3.8, 4) is 11.5 Å². The minimum atomic E-state index is -3.67. The number of halogens is 1. The van der Waals surface area contributed by atoms with Crippen LogP contribution in [0, 0.1) is 6.92 Å². The van der Waals surface area contributed by atoms with Gasteiger partial charge in [0, 0.05) is 0 Å². The minimum absolute atomic E-state index is 0.371. The molecule has 156 valence electrons. The summed E-state index contributed by atoms with van der Waals surface area (Å²) in [6.07, 6.45) is 1.07. The summed E-state index contributed by atoms with van der Waals surface area (Å²) >= 11 is 6.15. The number of para-hydroxylation sites is 4. The number of hydrogen-bond acceptors (Lipinski definition) is 4. The second-order valence-electron chi connectivity index (χ2n) is 6.63. The Morgan fingerprint density at radius 3 is 2.23 bits per heavy atom. The van der Waals surface area contributed by atoms with Gasteiger partial charge in [0.1, 0.15) is 12.3 Å². The molecule has 6 nitrogen and oxygen atoms in total. The first kappa shape index (κ1) is 21.7. The van der Waals surface area contributed by atoms with Gasteiger partial charge in [-0.2, -0.15) is 0 Å². The molecule has 1 amide bonds. The fraction of sp³-hybridized carbons (Fsp3) is 0.136. The smallest absolute Gasteiger partial charge is 0.245 e. The average molecular weight is 445 g/mol. The van der Waals surface area contributed by atoms with Crippen LogP contribution in [0.4, 0.5) is 11.4 Å². The molecule has 0 aliphatic carbocycles. The van der Waals surface area contributed by atoms with Crippen molar-refractivity contribution in [1.82, 2.24) is 0 Å². The summed E-state index contributed by atoms with van der Waals surface area (Å²) in [6.45, 7) is 1.42. The molecule has 0 atom stereocenters. The van der Waals surface area contributed by atoms with E-state index in [9.17, 15) is 13.2 Å². The summed E-state index contributed by atoms with van der Waals surface area (Å²) in [6, 6.07) is 20.8. The van der Waals surface area contributed by atoms with E-state index in [0.29, 0.717) is 27.9 Å². The Morgan fingerprint density at radius 1 is 0.967 bits per heavy atom. The monoisotopic (exact) mass is 444 g/mol. The molecule has 0 aliphatic rings. The molecule has 0 saturated carbocycles. The Morgan fingerprint density at radius 2 is 1.57 bits per heavy atom. The Bertz CT molecular complexity index is 1170. The lowest BCUT2D eigenvalue weighted by Crippen LogP contribution is -2.37. The third-order valence-electron chi connectivity index (χ3n) is 4.29. The SMILES string of the molecule is Cc1ccccc1N(CC(=O)Nc1ccccc1Oc1ccccc1Cl)S(C)(=O)=O. The van der Waals surface area contributed by atoms with Gasteiger partial charge in [0.05, 0.1) is 22.7 Å². The summed E-state index contributed by atoms with van der Waals surface area (Å²) in [5.74, 6) is 0.332. The fourth-order valence-corrected chi connectivity index (χ4v) is 3.94. The Labute approximate surface area is 181 Å². The molecule has 0 heterocycles. The minimum Gasteiger partial charge on any atom is -0.454 e. The van der Waals surface area contributed by atoms with Crippen molar-refractivity contribution >= 4 is 38.9 Å². The van der Waals surface area contributed by atoms with E-state index in [1.807, 2.05) is 6.07 Å². The summed E-state index contributed by atoms with van der Waals surface area (Å²) in [4.78, 5) is 12.7. The van der Waals surface area contributed by atoms with Crippen LogP contribution in [0.15, 0.2) is 72.8 Å². The van der Waals surface area contributed by atoms with Gasteiger partial charge < -0.3 is 10.1 Å². The van der Waals surface area contributed by atoms with E-state index in [1.54, 1.807) is 73.7 Å². The van der Waals surface area contributed by atoms with E-state index >= 15 is 0 Å². The van der Waals surface area contributed by atoms with E-state index in [2.05, 4.69) is 5.32 Å². The van der Waals surface area contributed by atoms with Gasteiger partial charge in [-0.25, -0.2) is 8.42 Å². The standard InChI is InChI=1S/C22H21ClN2O4S/c1-16-9-3-6-12-19(16)25(30(2,27)28)15-22(26)24-18-11-5-8-14-21(18)29-20-13-7-4-10-17(20)23/h3-14H,15H2,1-2H3,(H,24,26). The number of carbonyl (C=O) groups is 1. The number of sulfonamides is 1. The number of rotatable bonds is 7. The molecule has 1 N–H and O–H groups in total. The quantitative estimate of drug-likeness (QED) is 0.565. The lowest BCUT2D eigenvalue weighted by atomic mass is 10.2. The highest BCUT2D eigenvalue weighted by molar-refractivity contribution is 7.92. The van der Waals surface area contributed by atoms with E-state index < -0.39 is 15.9 Å². The van der Waals surface area contributed by atoms with Crippen molar-refractivity contribution in [2.75, 3.05) is 22.4 Å². The summed E-state index contributed by atoms with van der Waals surface area (Å²) in [5, 5.41) is 3.16. The van der Waals surface area contributed by atoms with Crippen molar-refractivity contribution in [2.24, 2.45) is 0 Å². The molecule has 30 heavy (non-hydrogen) atoms. The predicted molar refractivity (Wildman–Crippen MR) is 120 cm³/mol. The molecule has 0 spiro atoms. The number of aryl methyl sites for hydroxylation is 1. The predicted octanol–water partition coefficient (Wildman–Crippen LogP) is 4.85. The number of nitrogens with one attached hydrogen (secondary N) is 1. The maximum atomic E-state index is 12.7. The highest BCUT2D eigenvalue weighted by Gasteiger charge is 2.22. The first-order chi connectivity index (χ1) is 14.3. The average Bonchev–Trinajstić information content (AvgIpc) is 2.69. The van der Waals surface area contributed by atoms with E-state index in [4.69, 9.17) is 16.3 Å². The molecule has 0 radical (unpaired) electrons. The number of nitrogens with zero attached hydrogens (tertiary/aromatic N) is 1. The lowest BCUT2D eigenvalue weighted by Gasteiger charge is -2.23. The van der Waals surface area contributed by atoms with Gasteiger partial charge in [0.15, 0.2) is 5.75 Å². The van der Waals surface area contributed by atoms with Gasteiger partial charge >= 0.3 is 0 Å². The summed E-state index contributed by atoms with van der Waals surface area (Å²) < 4.78 is 31.6. The van der Waals surface area contributed by atoms with Crippen molar-refractivity contribution in [1.29, 1.82) is 0 Å². The highest BCUT2D eigenvalue weighted by Crippen LogP contribution is 2.33. The van der Waals surface area contributed by atoms with Crippen LogP contribution in [-0.4, -0.2) is 27.1 Å². The van der Waals surface area contributed by atoms with Gasteiger partial charge in [-0.05, 0) is 42.8 Å². The van der Waals surface area contributed by atoms with Crippen LogP contribution in [0.1, 0.15) is 5.56 Å². The number of carbonyl (C=O) groups excluding carboxylic acids is 1. The van der Waals surface area contributed by atoms with Gasteiger partial charge in [-0.15, -0.1) is 0 Å². The zero-order chi connectivity index (χ0) is 21.7. The van der Waals surface area contributed by atoms with E-state index in [1.165, 1.54) is 0 Å². The van der Waals surface area contributed by atoms with Gasteiger partial charge in [0.2, 0.25) is 15.9 Å². The van der Waals surface area contributed by atoms with Crippen molar-refractivity contribution in [3.63, 3.8) is 0 Å². The molecule has 0 fully saturated rings. The fourth-order valence-electron chi connectivity index (χ4n) is 2.85. The number of hydrogen-bond donors (Lipinski definition) is 1. The Kier molecular flexibility index (Phi) is 6.64. The molecule has 8 heteroatoms. The number of ether oxygens (including phenoxy) is 1. The lowest BCUT2D eigenvalue weighted by molar-refractivity contribution is -0.114. The summed E-state index contributed by atoms with van der Waals surface area (Å²) in [5.41, 5.74) is 1.61. The highest BCUT2D eigenvalue weighted by atomic mass is 35.5. The molecule has 0 unspecified atom stereocenters. The second-order valence-corrected chi connectivity index (χ2v) is 8.95. The van der Waals surface area contributed by atoms with Gasteiger partial charge in [-0.1, -0.05) is 54.1 Å². The molecule has 0 saturated heterocycles. The third-order valence-corrected chi connectivity index (χ3v) is 5.73.